The molecule has 1 aliphatic rings. The Labute approximate surface area is 84.5 Å². The Morgan fingerprint density at radius 2 is 2.07 bits per heavy atom. The lowest BCUT2D eigenvalue weighted by atomic mass is 9.98. The molecule has 84 valence electrons. The normalized spacial score (nSPS) is 32.5. The third-order valence-electron chi connectivity index (χ3n) is 2.62. The molecule has 1 saturated carbocycles. The van der Waals surface area contributed by atoms with E-state index >= 15 is 0 Å². The van der Waals surface area contributed by atoms with Gasteiger partial charge in [0, 0.05) is 7.11 Å². The fourth-order valence-electron chi connectivity index (χ4n) is 1.89. The van der Waals surface area contributed by atoms with Crippen LogP contribution >= 0.6 is 7.60 Å². The maximum Gasteiger partial charge on any atom is 0.336 e. The summed E-state index contributed by atoms with van der Waals surface area (Å²) >= 11 is 0. The van der Waals surface area contributed by atoms with Gasteiger partial charge in [-0.05, 0) is 19.8 Å². The average molecular weight is 224 g/mol. The molecule has 0 spiro atoms. The first-order valence-corrected chi connectivity index (χ1v) is 6.69. The summed E-state index contributed by atoms with van der Waals surface area (Å²) < 4.78 is 35.5. The molecule has 0 heterocycles. The highest BCUT2D eigenvalue weighted by atomic mass is 31.2. The van der Waals surface area contributed by atoms with Crippen LogP contribution in [0, 0.1) is 0 Å². The molecule has 0 aromatic heterocycles. The van der Waals surface area contributed by atoms with E-state index < -0.39 is 19.4 Å². The molecule has 1 rings (SSSR count). The van der Waals surface area contributed by atoms with Crippen molar-refractivity contribution in [2.24, 2.45) is 0 Å². The van der Waals surface area contributed by atoms with Crippen molar-refractivity contribution in [3.63, 3.8) is 0 Å². The molecular formula is C9H18FO3P. The number of hydrogen-bond acceptors (Lipinski definition) is 3. The highest BCUT2D eigenvalue weighted by Gasteiger charge is 2.41. The van der Waals surface area contributed by atoms with E-state index in [-0.39, 0.29) is 0 Å². The predicted octanol–water partition coefficient (Wildman–Crippen LogP) is 3.14. The first-order chi connectivity index (χ1) is 6.64. The number of hydrogen-bond donors (Lipinski definition) is 0. The van der Waals surface area contributed by atoms with Crippen molar-refractivity contribution in [1.29, 1.82) is 0 Å². The Bertz CT molecular complexity index is 222. The van der Waals surface area contributed by atoms with Gasteiger partial charge < -0.3 is 9.05 Å². The fraction of sp³-hybridized carbons (Fsp3) is 1.00. The summed E-state index contributed by atoms with van der Waals surface area (Å²) in [7, 11) is -1.88. The number of alkyl halides is 1. The zero-order valence-electron chi connectivity index (χ0n) is 8.74. The quantitative estimate of drug-likeness (QED) is 0.688. The predicted molar refractivity (Wildman–Crippen MR) is 53.4 cm³/mol. The highest BCUT2D eigenvalue weighted by Crippen LogP contribution is 2.57. The van der Waals surface area contributed by atoms with E-state index in [4.69, 9.17) is 9.05 Å². The SMILES string of the molecule is CCOP(=O)(OC)C1CCCCC1F. The Kier molecular flexibility index (Phi) is 4.55. The standard InChI is InChI=1S/C9H18FO3P/c1-3-13-14(11,12-2)9-7-5-4-6-8(9)10/h8-9H,3-7H2,1-2H3. The van der Waals surface area contributed by atoms with Crippen molar-refractivity contribution in [2.45, 2.75) is 44.4 Å². The van der Waals surface area contributed by atoms with Crippen LogP contribution < -0.4 is 0 Å². The Hall–Kier alpha value is 0.0800. The van der Waals surface area contributed by atoms with Gasteiger partial charge in [-0.3, -0.25) is 4.57 Å². The summed E-state index contributed by atoms with van der Waals surface area (Å²) in [6.45, 7) is 2.04. The van der Waals surface area contributed by atoms with Crippen LogP contribution in [0.3, 0.4) is 0 Å². The third-order valence-corrected chi connectivity index (χ3v) is 5.14. The van der Waals surface area contributed by atoms with Gasteiger partial charge in [0.1, 0.15) is 6.17 Å². The van der Waals surface area contributed by atoms with Gasteiger partial charge in [0.25, 0.3) is 0 Å². The van der Waals surface area contributed by atoms with Crippen molar-refractivity contribution in [3.05, 3.63) is 0 Å². The van der Waals surface area contributed by atoms with Gasteiger partial charge >= 0.3 is 7.60 Å². The van der Waals surface area contributed by atoms with Gasteiger partial charge in [-0.2, -0.15) is 0 Å². The molecule has 3 atom stereocenters. The van der Waals surface area contributed by atoms with Crippen LogP contribution in [0.5, 0.6) is 0 Å². The lowest BCUT2D eigenvalue weighted by Crippen LogP contribution is -2.27. The Balaban J connectivity index is 2.71. The molecule has 1 fully saturated rings. The van der Waals surface area contributed by atoms with E-state index in [2.05, 4.69) is 0 Å². The second-order valence-electron chi connectivity index (χ2n) is 3.51. The van der Waals surface area contributed by atoms with Crippen molar-refractivity contribution >= 4 is 7.60 Å². The van der Waals surface area contributed by atoms with E-state index in [1.807, 2.05) is 0 Å². The van der Waals surface area contributed by atoms with Crippen LogP contribution in [-0.4, -0.2) is 25.5 Å². The summed E-state index contributed by atoms with van der Waals surface area (Å²) in [6, 6.07) is 0. The molecule has 0 bridgehead atoms. The zero-order chi connectivity index (χ0) is 10.6. The summed E-state index contributed by atoms with van der Waals surface area (Å²) in [5.41, 5.74) is -0.554. The van der Waals surface area contributed by atoms with Crippen LogP contribution in [0.25, 0.3) is 0 Å². The van der Waals surface area contributed by atoms with Gasteiger partial charge in [0.15, 0.2) is 0 Å². The topological polar surface area (TPSA) is 35.5 Å². The molecule has 14 heavy (non-hydrogen) atoms. The second kappa shape index (κ2) is 5.24. The van der Waals surface area contributed by atoms with Crippen molar-refractivity contribution in [1.82, 2.24) is 0 Å². The van der Waals surface area contributed by atoms with E-state index in [0.29, 0.717) is 19.4 Å². The lowest BCUT2D eigenvalue weighted by molar-refractivity contribution is 0.187. The average Bonchev–Trinajstić information content (AvgIpc) is 2.18. The molecule has 1 aliphatic carbocycles. The van der Waals surface area contributed by atoms with E-state index in [1.165, 1.54) is 7.11 Å². The van der Waals surface area contributed by atoms with Crippen molar-refractivity contribution in [3.8, 4) is 0 Å². The van der Waals surface area contributed by atoms with Crippen LogP contribution in [0.2, 0.25) is 0 Å². The molecule has 3 nitrogen and oxygen atoms in total. The molecule has 0 aromatic carbocycles. The number of rotatable bonds is 4. The van der Waals surface area contributed by atoms with E-state index in [1.54, 1.807) is 6.92 Å². The minimum atomic E-state index is -3.21. The van der Waals surface area contributed by atoms with E-state index in [0.717, 1.165) is 12.8 Å². The van der Waals surface area contributed by atoms with Gasteiger partial charge in [0.2, 0.25) is 0 Å². The summed E-state index contributed by atoms with van der Waals surface area (Å²) in [6.07, 6.45) is 1.82. The highest BCUT2D eigenvalue weighted by molar-refractivity contribution is 7.54. The fourth-order valence-corrected chi connectivity index (χ4v) is 3.86. The Morgan fingerprint density at radius 3 is 2.57 bits per heavy atom. The van der Waals surface area contributed by atoms with Gasteiger partial charge in [-0.15, -0.1) is 0 Å². The smallest absolute Gasteiger partial charge is 0.312 e. The van der Waals surface area contributed by atoms with Crippen LogP contribution in [0.1, 0.15) is 32.6 Å². The molecule has 0 aromatic rings. The van der Waals surface area contributed by atoms with Gasteiger partial charge in [-0.25, -0.2) is 4.39 Å². The molecule has 0 radical (unpaired) electrons. The van der Waals surface area contributed by atoms with Crippen molar-refractivity contribution < 1.29 is 18.0 Å². The Morgan fingerprint density at radius 1 is 1.43 bits per heavy atom. The van der Waals surface area contributed by atoms with Gasteiger partial charge in [-0.1, -0.05) is 12.8 Å². The minimum absolute atomic E-state index is 0.300. The molecule has 0 saturated heterocycles. The molecule has 0 aliphatic heterocycles. The molecule has 3 unspecified atom stereocenters. The van der Waals surface area contributed by atoms with Crippen molar-refractivity contribution in [2.75, 3.05) is 13.7 Å². The zero-order valence-corrected chi connectivity index (χ0v) is 9.63. The molecule has 0 N–H and O–H groups in total. The second-order valence-corrected chi connectivity index (χ2v) is 5.87. The summed E-state index contributed by atoms with van der Waals surface area (Å²) in [5, 5.41) is 0. The maximum absolute atomic E-state index is 13.5. The monoisotopic (exact) mass is 224 g/mol. The first kappa shape index (κ1) is 12.2. The molecule has 5 heteroatoms. The van der Waals surface area contributed by atoms with Crippen LogP contribution in [0.15, 0.2) is 0 Å². The maximum atomic E-state index is 13.5. The minimum Gasteiger partial charge on any atom is -0.312 e. The first-order valence-electron chi connectivity index (χ1n) is 5.08. The van der Waals surface area contributed by atoms with Gasteiger partial charge in [0.05, 0.1) is 12.3 Å². The largest absolute Gasteiger partial charge is 0.336 e. The lowest BCUT2D eigenvalue weighted by Gasteiger charge is -2.30. The van der Waals surface area contributed by atoms with Crippen LogP contribution in [0.4, 0.5) is 4.39 Å². The number of halogens is 1. The third kappa shape index (κ3) is 2.56. The van der Waals surface area contributed by atoms with E-state index in [9.17, 15) is 8.96 Å². The summed E-state index contributed by atoms with van der Waals surface area (Å²) in [5.74, 6) is 0. The summed E-state index contributed by atoms with van der Waals surface area (Å²) in [4.78, 5) is 0. The van der Waals surface area contributed by atoms with Crippen LogP contribution in [-0.2, 0) is 13.6 Å². The molecule has 0 amide bonds. The molecular weight excluding hydrogens is 206 g/mol.